The van der Waals surface area contributed by atoms with Crippen LogP contribution in [0.3, 0.4) is 0 Å². The largest absolute Gasteiger partial charge is 0.311 e. The van der Waals surface area contributed by atoms with E-state index < -0.39 is 0 Å². The third-order valence-corrected chi connectivity index (χ3v) is 4.26. The molecule has 0 radical (unpaired) electrons. The van der Waals surface area contributed by atoms with E-state index in [1.54, 1.807) is 0 Å². The quantitative estimate of drug-likeness (QED) is 0.741. The van der Waals surface area contributed by atoms with Gasteiger partial charge < -0.3 is 5.32 Å². The average Bonchev–Trinajstić information content (AvgIpc) is 3.02. The standard InChI is InChI=1S/C12H24N2/c1-4-12(3)9-13-11(10-6-7-10)8-14(12)5-2/h10-11,13H,4-9H2,1-3H3. The molecule has 1 saturated carbocycles. The molecule has 1 saturated heterocycles. The Morgan fingerprint density at radius 2 is 2.07 bits per heavy atom. The van der Waals surface area contributed by atoms with Gasteiger partial charge >= 0.3 is 0 Å². The molecule has 1 N–H and O–H groups in total. The summed E-state index contributed by atoms with van der Waals surface area (Å²) >= 11 is 0. The van der Waals surface area contributed by atoms with Gasteiger partial charge in [-0.15, -0.1) is 0 Å². The lowest BCUT2D eigenvalue weighted by Crippen LogP contribution is -2.63. The highest BCUT2D eigenvalue weighted by molar-refractivity contribution is 4.99. The highest BCUT2D eigenvalue weighted by Gasteiger charge is 2.40. The Balaban J connectivity index is 1.98. The predicted octanol–water partition coefficient (Wildman–Crippen LogP) is 1.86. The maximum atomic E-state index is 3.75. The summed E-state index contributed by atoms with van der Waals surface area (Å²) in [6.07, 6.45) is 4.17. The first-order chi connectivity index (χ1) is 6.69. The number of piperazine rings is 1. The number of hydrogen-bond acceptors (Lipinski definition) is 2. The molecule has 0 spiro atoms. The third kappa shape index (κ3) is 1.82. The molecular formula is C12H24N2. The topological polar surface area (TPSA) is 15.3 Å². The fourth-order valence-corrected chi connectivity index (χ4v) is 2.66. The van der Waals surface area contributed by atoms with Crippen molar-refractivity contribution in [2.75, 3.05) is 19.6 Å². The van der Waals surface area contributed by atoms with Gasteiger partial charge in [-0.2, -0.15) is 0 Å². The Kier molecular flexibility index (Phi) is 2.85. The van der Waals surface area contributed by atoms with E-state index >= 15 is 0 Å². The van der Waals surface area contributed by atoms with Crippen LogP contribution in [0, 0.1) is 5.92 Å². The molecule has 0 bridgehead atoms. The van der Waals surface area contributed by atoms with Crippen molar-refractivity contribution in [1.29, 1.82) is 0 Å². The molecule has 0 amide bonds. The third-order valence-electron chi connectivity index (χ3n) is 4.26. The zero-order valence-corrected chi connectivity index (χ0v) is 9.84. The van der Waals surface area contributed by atoms with Crippen molar-refractivity contribution in [3.8, 4) is 0 Å². The zero-order chi connectivity index (χ0) is 10.2. The molecule has 2 rings (SSSR count). The van der Waals surface area contributed by atoms with E-state index in [2.05, 4.69) is 31.0 Å². The predicted molar refractivity (Wildman–Crippen MR) is 60.5 cm³/mol. The summed E-state index contributed by atoms with van der Waals surface area (Å²) in [4.78, 5) is 2.67. The number of nitrogens with zero attached hydrogens (tertiary/aromatic N) is 1. The molecule has 82 valence electrons. The van der Waals surface area contributed by atoms with E-state index in [1.165, 1.54) is 38.9 Å². The van der Waals surface area contributed by atoms with Gasteiger partial charge in [-0.25, -0.2) is 0 Å². The SMILES string of the molecule is CCN1CC(C2CC2)NCC1(C)CC. The van der Waals surface area contributed by atoms with Gasteiger partial charge in [0, 0.05) is 24.7 Å². The van der Waals surface area contributed by atoms with Crippen LogP contribution in [0.1, 0.15) is 40.0 Å². The molecule has 14 heavy (non-hydrogen) atoms. The van der Waals surface area contributed by atoms with Crippen LogP contribution in [-0.2, 0) is 0 Å². The van der Waals surface area contributed by atoms with Gasteiger partial charge in [0.1, 0.15) is 0 Å². The Hall–Kier alpha value is -0.0800. The van der Waals surface area contributed by atoms with E-state index in [9.17, 15) is 0 Å². The molecule has 2 heteroatoms. The van der Waals surface area contributed by atoms with E-state index in [0.717, 1.165) is 12.0 Å². The normalized spacial score (nSPS) is 40.1. The van der Waals surface area contributed by atoms with Crippen molar-refractivity contribution in [1.82, 2.24) is 10.2 Å². The van der Waals surface area contributed by atoms with Crippen molar-refractivity contribution < 1.29 is 0 Å². The van der Waals surface area contributed by atoms with Crippen LogP contribution >= 0.6 is 0 Å². The molecule has 1 heterocycles. The lowest BCUT2D eigenvalue weighted by molar-refractivity contribution is 0.0493. The van der Waals surface area contributed by atoms with Crippen molar-refractivity contribution >= 4 is 0 Å². The van der Waals surface area contributed by atoms with Gasteiger partial charge in [0.05, 0.1) is 0 Å². The number of nitrogens with one attached hydrogen (secondary N) is 1. The van der Waals surface area contributed by atoms with Crippen LogP contribution in [0.5, 0.6) is 0 Å². The van der Waals surface area contributed by atoms with Gasteiger partial charge in [0.2, 0.25) is 0 Å². The fraction of sp³-hybridized carbons (Fsp3) is 1.00. The lowest BCUT2D eigenvalue weighted by atomic mass is 9.91. The molecule has 0 aromatic heterocycles. The minimum atomic E-state index is 0.403. The monoisotopic (exact) mass is 196 g/mol. The molecule has 2 fully saturated rings. The highest BCUT2D eigenvalue weighted by atomic mass is 15.3. The summed E-state index contributed by atoms with van der Waals surface area (Å²) in [6.45, 7) is 10.6. The van der Waals surface area contributed by atoms with E-state index in [4.69, 9.17) is 0 Å². The number of likely N-dealkylation sites (N-methyl/N-ethyl adjacent to an activating group) is 1. The van der Waals surface area contributed by atoms with Gasteiger partial charge in [0.25, 0.3) is 0 Å². The molecule has 2 atom stereocenters. The van der Waals surface area contributed by atoms with Crippen LogP contribution in [0.15, 0.2) is 0 Å². The van der Waals surface area contributed by atoms with Crippen LogP contribution in [0.4, 0.5) is 0 Å². The maximum absolute atomic E-state index is 3.75. The smallest absolute Gasteiger partial charge is 0.0303 e. The molecule has 2 unspecified atom stereocenters. The summed E-state index contributed by atoms with van der Waals surface area (Å²) in [7, 11) is 0. The van der Waals surface area contributed by atoms with Crippen LogP contribution in [0.25, 0.3) is 0 Å². The summed E-state index contributed by atoms with van der Waals surface area (Å²) in [5.41, 5.74) is 0.403. The van der Waals surface area contributed by atoms with Crippen molar-refractivity contribution in [2.24, 2.45) is 5.92 Å². The second-order valence-electron chi connectivity index (χ2n) is 5.21. The zero-order valence-electron chi connectivity index (χ0n) is 9.84. The van der Waals surface area contributed by atoms with Gasteiger partial charge in [-0.1, -0.05) is 13.8 Å². The fourth-order valence-electron chi connectivity index (χ4n) is 2.66. The van der Waals surface area contributed by atoms with Crippen LogP contribution in [0.2, 0.25) is 0 Å². The van der Waals surface area contributed by atoms with E-state index in [1.807, 2.05) is 0 Å². The summed E-state index contributed by atoms with van der Waals surface area (Å²) in [6, 6.07) is 0.787. The Morgan fingerprint density at radius 3 is 2.57 bits per heavy atom. The number of hydrogen-bond donors (Lipinski definition) is 1. The van der Waals surface area contributed by atoms with E-state index in [-0.39, 0.29) is 0 Å². The minimum absolute atomic E-state index is 0.403. The Morgan fingerprint density at radius 1 is 1.36 bits per heavy atom. The first kappa shape index (κ1) is 10.4. The summed E-state index contributed by atoms with van der Waals surface area (Å²) < 4.78 is 0. The average molecular weight is 196 g/mol. The second-order valence-corrected chi connectivity index (χ2v) is 5.21. The molecule has 2 aliphatic rings. The van der Waals surface area contributed by atoms with Gasteiger partial charge in [0.15, 0.2) is 0 Å². The number of rotatable bonds is 3. The van der Waals surface area contributed by atoms with Crippen molar-refractivity contribution in [3.05, 3.63) is 0 Å². The molecule has 1 aliphatic heterocycles. The lowest BCUT2D eigenvalue weighted by Gasteiger charge is -2.47. The molecule has 1 aliphatic carbocycles. The summed E-state index contributed by atoms with van der Waals surface area (Å²) in [5, 5.41) is 3.75. The Labute approximate surface area is 88.1 Å². The molecular weight excluding hydrogens is 172 g/mol. The summed E-state index contributed by atoms with van der Waals surface area (Å²) in [5.74, 6) is 0.991. The molecule has 0 aromatic carbocycles. The second kappa shape index (κ2) is 3.82. The van der Waals surface area contributed by atoms with Crippen molar-refractivity contribution in [3.63, 3.8) is 0 Å². The first-order valence-electron chi connectivity index (χ1n) is 6.18. The minimum Gasteiger partial charge on any atom is -0.311 e. The van der Waals surface area contributed by atoms with E-state index in [0.29, 0.717) is 5.54 Å². The van der Waals surface area contributed by atoms with Crippen LogP contribution < -0.4 is 5.32 Å². The maximum Gasteiger partial charge on any atom is 0.0303 e. The molecule has 2 nitrogen and oxygen atoms in total. The van der Waals surface area contributed by atoms with Crippen molar-refractivity contribution in [2.45, 2.75) is 51.6 Å². The van der Waals surface area contributed by atoms with Gasteiger partial charge in [-0.3, -0.25) is 4.90 Å². The Bertz CT molecular complexity index is 200. The first-order valence-corrected chi connectivity index (χ1v) is 6.18. The van der Waals surface area contributed by atoms with Gasteiger partial charge in [-0.05, 0) is 38.6 Å². The highest BCUT2D eigenvalue weighted by Crippen LogP contribution is 2.36. The molecule has 0 aromatic rings. The van der Waals surface area contributed by atoms with Crippen LogP contribution in [-0.4, -0.2) is 36.1 Å².